The molecular weight excluding hydrogens is 372 g/mol. The summed E-state index contributed by atoms with van der Waals surface area (Å²) in [7, 11) is 0. The van der Waals surface area contributed by atoms with Crippen molar-refractivity contribution in [3.05, 3.63) is 79.9 Å². The van der Waals surface area contributed by atoms with Crippen LogP contribution in [0.5, 0.6) is 5.75 Å². The lowest BCUT2D eigenvalue weighted by molar-refractivity contribution is -0.145. The third kappa shape index (κ3) is 9.13. The average molecular weight is 407 g/mol. The summed E-state index contributed by atoms with van der Waals surface area (Å²) in [6, 6.07) is 18.7. The molecule has 0 amide bonds. The van der Waals surface area contributed by atoms with Gasteiger partial charge in [-0.05, 0) is 48.3 Å². The van der Waals surface area contributed by atoms with E-state index in [9.17, 15) is 4.79 Å². The van der Waals surface area contributed by atoms with Crippen LogP contribution in [0.2, 0.25) is 0 Å². The lowest BCUT2D eigenvalue weighted by Crippen LogP contribution is -2.12. The minimum absolute atomic E-state index is 0.172. The van der Waals surface area contributed by atoms with E-state index in [-0.39, 0.29) is 12.1 Å². The zero-order chi connectivity index (χ0) is 21.4. The normalized spacial score (nSPS) is 10.6. The lowest BCUT2D eigenvalue weighted by Gasteiger charge is -2.09. The molecule has 0 radical (unpaired) electrons. The maximum Gasteiger partial charge on any atom is 0.306 e. The van der Waals surface area contributed by atoms with Gasteiger partial charge >= 0.3 is 5.97 Å². The molecule has 0 bridgehead atoms. The van der Waals surface area contributed by atoms with Crippen LogP contribution >= 0.6 is 0 Å². The van der Waals surface area contributed by atoms with E-state index in [1.165, 1.54) is 30.4 Å². The molecule has 0 unspecified atom stereocenters. The molecule has 2 aromatic carbocycles. The van der Waals surface area contributed by atoms with Gasteiger partial charge in [0.25, 0.3) is 0 Å². The summed E-state index contributed by atoms with van der Waals surface area (Å²) >= 11 is 0. The highest BCUT2D eigenvalue weighted by Gasteiger charge is 2.07. The number of rotatable bonds is 15. The first kappa shape index (κ1) is 23.5. The van der Waals surface area contributed by atoms with E-state index in [1.54, 1.807) is 12.2 Å². The summed E-state index contributed by atoms with van der Waals surface area (Å²) in [5.41, 5.74) is 2.43. The van der Waals surface area contributed by atoms with Crippen LogP contribution in [-0.4, -0.2) is 18.7 Å². The molecule has 30 heavy (non-hydrogen) atoms. The Balaban J connectivity index is 1.46. The fraction of sp³-hybridized carbons (Fsp3) is 0.370. The Labute approximate surface area is 181 Å². The minimum Gasteiger partial charge on any atom is -0.494 e. The van der Waals surface area contributed by atoms with Gasteiger partial charge in [0.05, 0.1) is 6.61 Å². The standard InChI is InChI=1S/C27H34O3/c1-3-25(4-2)30-27(28)17-13-8-6-5-7-9-14-22-29-26-20-18-24(19-21-26)23-15-11-10-12-16-23/h3-4,10-12,15-16,18-21,25H,1-2,5-9,13-14,17,22H2. The molecule has 3 heteroatoms. The van der Waals surface area contributed by atoms with Gasteiger partial charge in [0.1, 0.15) is 11.9 Å². The SMILES string of the molecule is C=CC(C=C)OC(=O)CCCCCCCCCOc1ccc(-c2ccccc2)cc1. The molecule has 0 N–H and O–H groups in total. The van der Waals surface area contributed by atoms with Gasteiger partial charge in [-0.3, -0.25) is 4.79 Å². The lowest BCUT2D eigenvalue weighted by atomic mass is 10.1. The molecule has 160 valence electrons. The predicted octanol–water partition coefficient (Wildman–Crippen LogP) is 7.14. The highest BCUT2D eigenvalue weighted by Crippen LogP contribution is 2.22. The maximum absolute atomic E-state index is 11.7. The van der Waals surface area contributed by atoms with Crippen molar-refractivity contribution in [2.24, 2.45) is 0 Å². The van der Waals surface area contributed by atoms with E-state index < -0.39 is 0 Å². The highest BCUT2D eigenvalue weighted by atomic mass is 16.5. The summed E-state index contributed by atoms with van der Waals surface area (Å²) in [5.74, 6) is 0.755. The van der Waals surface area contributed by atoms with Crippen LogP contribution in [0.15, 0.2) is 79.9 Å². The van der Waals surface area contributed by atoms with Gasteiger partial charge in [-0.15, -0.1) is 0 Å². The largest absolute Gasteiger partial charge is 0.494 e. The number of unbranched alkanes of at least 4 members (excludes halogenated alkanes) is 6. The number of carbonyl (C=O) groups excluding carboxylic acids is 1. The van der Waals surface area contributed by atoms with Crippen molar-refractivity contribution in [3.63, 3.8) is 0 Å². The summed E-state index contributed by atoms with van der Waals surface area (Å²) < 4.78 is 11.1. The fourth-order valence-electron chi connectivity index (χ4n) is 3.22. The Morgan fingerprint density at radius 1 is 0.767 bits per heavy atom. The molecule has 2 rings (SSSR count). The van der Waals surface area contributed by atoms with Gasteiger partial charge in [-0.2, -0.15) is 0 Å². The first-order chi connectivity index (χ1) is 14.7. The van der Waals surface area contributed by atoms with E-state index in [1.807, 2.05) is 18.2 Å². The molecule has 0 aromatic heterocycles. The second-order valence-corrected chi connectivity index (χ2v) is 7.39. The van der Waals surface area contributed by atoms with Crippen LogP contribution in [0.3, 0.4) is 0 Å². The molecule has 0 spiro atoms. The number of ether oxygens (including phenoxy) is 2. The van der Waals surface area contributed by atoms with Crippen molar-refractivity contribution in [2.75, 3.05) is 6.61 Å². The molecule has 0 aliphatic rings. The van der Waals surface area contributed by atoms with Crippen LogP contribution < -0.4 is 4.74 Å². The highest BCUT2D eigenvalue weighted by molar-refractivity contribution is 5.69. The van der Waals surface area contributed by atoms with E-state index >= 15 is 0 Å². The second-order valence-electron chi connectivity index (χ2n) is 7.39. The summed E-state index contributed by atoms with van der Waals surface area (Å²) in [6.45, 7) is 7.98. The molecule has 0 heterocycles. The molecule has 0 fully saturated rings. The van der Waals surface area contributed by atoms with E-state index in [4.69, 9.17) is 9.47 Å². The van der Waals surface area contributed by atoms with E-state index in [2.05, 4.69) is 49.6 Å². The van der Waals surface area contributed by atoms with Gasteiger partial charge in [-0.25, -0.2) is 0 Å². The molecule has 0 saturated carbocycles. The van der Waals surface area contributed by atoms with Gasteiger partial charge in [-0.1, -0.05) is 87.7 Å². The molecule has 3 nitrogen and oxygen atoms in total. The summed E-state index contributed by atoms with van der Waals surface area (Å²) in [5, 5.41) is 0. The Morgan fingerprint density at radius 2 is 1.33 bits per heavy atom. The van der Waals surface area contributed by atoms with Crippen LogP contribution in [-0.2, 0) is 9.53 Å². The van der Waals surface area contributed by atoms with E-state index in [0.29, 0.717) is 6.42 Å². The van der Waals surface area contributed by atoms with Crippen LogP contribution in [0, 0.1) is 0 Å². The van der Waals surface area contributed by atoms with Gasteiger partial charge < -0.3 is 9.47 Å². The molecule has 0 aliphatic heterocycles. The smallest absolute Gasteiger partial charge is 0.306 e. The Bertz CT molecular complexity index is 741. The van der Waals surface area contributed by atoms with Crippen molar-refractivity contribution >= 4 is 5.97 Å². The monoisotopic (exact) mass is 406 g/mol. The Hall–Kier alpha value is -2.81. The van der Waals surface area contributed by atoms with Crippen molar-refractivity contribution in [1.82, 2.24) is 0 Å². The predicted molar refractivity (Wildman–Crippen MR) is 125 cm³/mol. The number of esters is 1. The fourth-order valence-corrected chi connectivity index (χ4v) is 3.22. The van der Waals surface area contributed by atoms with E-state index in [0.717, 1.165) is 38.0 Å². The van der Waals surface area contributed by atoms with Crippen LogP contribution in [0.25, 0.3) is 11.1 Å². The number of hydrogen-bond acceptors (Lipinski definition) is 3. The zero-order valence-electron chi connectivity index (χ0n) is 17.9. The Morgan fingerprint density at radius 3 is 1.97 bits per heavy atom. The average Bonchev–Trinajstić information content (AvgIpc) is 2.79. The van der Waals surface area contributed by atoms with Crippen molar-refractivity contribution in [2.45, 2.75) is 57.5 Å². The minimum atomic E-state index is -0.374. The Kier molecular flexibility index (Phi) is 11.1. The topological polar surface area (TPSA) is 35.5 Å². The molecule has 0 atom stereocenters. The molecule has 2 aromatic rings. The van der Waals surface area contributed by atoms with Crippen molar-refractivity contribution in [1.29, 1.82) is 0 Å². The third-order valence-corrected chi connectivity index (χ3v) is 4.99. The first-order valence-corrected chi connectivity index (χ1v) is 11.0. The quantitative estimate of drug-likeness (QED) is 0.179. The van der Waals surface area contributed by atoms with Crippen molar-refractivity contribution < 1.29 is 14.3 Å². The summed E-state index contributed by atoms with van der Waals surface area (Å²) in [4.78, 5) is 11.7. The number of benzene rings is 2. The van der Waals surface area contributed by atoms with Gasteiger partial charge in [0, 0.05) is 6.42 Å². The van der Waals surface area contributed by atoms with Gasteiger partial charge in [0.15, 0.2) is 0 Å². The molecule has 0 saturated heterocycles. The first-order valence-electron chi connectivity index (χ1n) is 11.0. The van der Waals surface area contributed by atoms with Crippen LogP contribution in [0.4, 0.5) is 0 Å². The molecular formula is C27H34O3. The molecule has 0 aliphatic carbocycles. The van der Waals surface area contributed by atoms with Crippen molar-refractivity contribution in [3.8, 4) is 16.9 Å². The number of carbonyl (C=O) groups is 1. The number of hydrogen-bond donors (Lipinski definition) is 0. The zero-order valence-corrected chi connectivity index (χ0v) is 17.9. The van der Waals surface area contributed by atoms with Crippen LogP contribution in [0.1, 0.15) is 51.4 Å². The second kappa shape index (κ2) is 14.2. The van der Waals surface area contributed by atoms with Gasteiger partial charge in [0.2, 0.25) is 0 Å². The third-order valence-electron chi connectivity index (χ3n) is 4.99. The maximum atomic E-state index is 11.7. The summed E-state index contributed by atoms with van der Waals surface area (Å²) in [6.07, 6.45) is 11.0.